The number of benzene rings is 1. The lowest BCUT2D eigenvalue weighted by molar-refractivity contribution is 0.292. The van der Waals surface area contributed by atoms with Gasteiger partial charge < -0.3 is 10.2 Å². The molecule has 1 aromatic carbocycles. The van der Waals surface area contributed by atoms with Crippen molar-refractivity contribution >= 4 is 11.8 Å². The van der Waals surface area contributed by atoms with Gasteiger partial charge in [0.1, 0.15) is 0 Å². The van der Waals surface area contributed by atoms with Crippen LogP contribution in [-0.4, -0.2) is 42.6 Å². The number of hydrogen-bond donors (Lipinski definition) is 1. The average molecular weight is 290 g/mol. The van der Waals surface area contributed by atoms with Crippen molar-refractivity contribution in [3.63, 3.8) is 0 Å². The van der Waals surface area contributed by atoms with Gasteiger partial charge in [-0.3, -0.25) is 0 Å². The Hall–Kier alpha value is -0.510. The fourth-order valence-electron chi connectivity index (χ4n) is 2.96. The number of rotatable bonds is 6. The summed E-state index contributed by atoms with van der Waals surface area (Å²) in [6, 6.07) is 9.68. The molecule has 1 saturated heterocycles. The van der Waals surface area contributed by atoms with Crippen LogP contribution in [0.15, 0.2) is 24.3 Å². The van der Waals surface area contributed by atoms with Crippen molar-refractivity contribution in [1.29, 1.82) is 0 Å². The van der Waals surface area contributed by atoms with Crippen LogP contribution >= 0.6 is 11.8 Å². The van der Waals surface area contributed by atoms with E-state index in [1.807, 2.05) is 0 Å². The standard InChI is InChI=1S/C17H26N2S/c1-14-2-4-15(5-3-14)17(16-6-7-16)18-8-9-19-10-12-20-13-11-19/h2-5,16-18H,6-13H2,1H3. The molecule has 0 radical (unpaired) electrons. The molecule has 3 heteroatoms. The summed E-state index contributed by atoms with van der Waals surface area (Å²) in [6.45, 7) is 7.03. The van der Waals surface area contributed by atoms with Crippen LogP contribution in [-0.2, 0) is 0 Å². The van der Waals surface area contributed by atoms with E-state index in [0.29, 0.717) is 6.04 Å². The van der Waals surface area contributed by atoms with E-state index in [-0.39, 0.29) is 0 Å². The van der Waals surface area contributed by atoms with Crippen molar-refractivity contribution in [2.24, 2.45) is 5.92 Å². The summed E-state index contributed by atoms with van der Waals surface area (Å²) in [5.41, 5.74) is 2.83. The van der Waals surface area contributed by atoms with Gasteiger partial charge in [-0.2, -0.15) is 11.8 Å². The molecule has 0 bridgehead atoms. The van der Waals surface area contributed by atoms with E-state index in [2.05, 4.69) is 53.2 Å². The van der Waals surface area contributed by atoms with E-state index in [1.54, 1.807) is 0 Å². The summed E-state index contributed by atoms with van der Waals surface area (Å²) >= 11 is 2.09. The molecule has 1 aliphatic carbocycles. The number of nitrogens with one attached hydrogen (secondary N) is 1. The molecule has 110 valence electrons. The summed E-state index contributed by atoms with van der Waals surface area (Å²) in [5.74, 6) is 3.49. The Kier molecular flexibility index (Phi) is 5.03. The quantitative estimate of drug-likeness (QED) is 0.867. The molecule has 1 aliphatic heterocycles. The Morgan fingerprint density at radius 2 is 1.90 bits per heavy atom. The Bertz CT molecular complexity index is 408. The largest absolute Gasteiger partial charge is 0.308 e. The summed E-state index contributed by atoms with van der Waals surface area (Å²) in [7, 11) is 0. The number of nitrogens with zero attached hydrogens (tertiary/aromatic N) is 1. The van der Waals surface area contributed by atoms with Crippen LogP contribution in [0.25, 0.3) is 0 Å². The van der Waals surface area contributed by atoms with E-state index in [9.17, 15) is 0 Å². The average Bonchev–Trinajstić information content (AvgIpc) is 3.31. The first-order valence-electron chi connectivity index (χ1n) is 7.93. The van der Waals surface area contributed by atoms with Crippen LogP contribution in [0.4, 0.5) is 0 Å². The third-order valence-electron chi connectivity index (χ3n) is 4.43. The molecular formula is C17H26N2S. The Balaban J connectivity index is 1.51. The molecule has 0 spiro atoms. The van der Waals surface area contributed by atoms with Gasteiger partial charge in [0.2, 0.25) is 0 Å². The summed E-state index contributed by atoms with van der Waals surface area (Å²) in [5, 5.41) is 3.82. The van der Waals surface area contributed by atoms with E-state index in [0.717, 1.165) is 12.5 Å². The highest BCUT2D eigenvalue weighted by Crippen LogP contribution is 2.40. The minimum atomic E-state index is 0.578. The SMILES string of the molecule is Cc1ccc(C(NCCN2CCSCC2)C2CC2)cc1. The van der Waals surface area contributed by atoms with Crippen molar-refractivity contribution in [2.45, 2.75) is 25.8 Å². The molecule has 2 aliphatic rings. The highest BCUT2D eigenvalue weighted by molar-refractivity contribution is 7.99. The predicted molar refractivity (Wildman–Crippen MR) is 88.4 cm³/mol. The maximum absolute atomic E-state index is 3.82. The summed E-state index contributed by atoms with van der Waals surface area (Å²) in [4.78, 5) is 2.60. The van der Waals surface area contributed by atoms with Crippen LogP contribution in [0, 0.1) is 12.8 Å². The Morgan fingerprint density at radius 1 is 1.20 bits per heavy atom. The third kappa shape index (κ3) is 4.00. The van der Waals surface area contributed by atoms with Crippen LogP contribution in [0.2, 0.25) is 0 Å². The van der Waals surface area contributed by atoms with Gasteiger partial charge in [0.05, 0.1) is 0 Å². The van der Waals surface area contributed by atoms with Gasteiger partial charge in [0.15, 0.2) is 0 Å². The van der Waals surface area contributed by atoms with Crippen LogP contribution in [0.1, 0.15) is 30.0 Å². The van der Waals surface area contributed by atoms with E-state index < -0.39 is 0 Å². The molecule has 2 nitrogen and oxygen atoms in total. The van der Waals surface area contributed by atoms with Gasteiger partial charge in [0.25, 0.3) is 0 Å². The fourth-order valence-corrected chi connectivity index (χ4v) is 3.94. The summed E-state index contributed by atoms with van der Waals surface area (Å²) < 4.78 is 0. The second-order valence-corrected chi connectivity index (χ2v) is 7.36. The molecule has 3 rings (SSSR count). The zero-order valence-corrected chi connectivity index (χ0v) is 13.3. The van der Waals surface area contributed by atoms with Crippen molar-refractivity contribution in [2.75, 3.05) is 37.7 Å². The van der Waals surface area contributed by atoms with Gasteiger partial charge in [-0.1, -0.05) is 29.8 Å². The molecule has 20 heavy (non-hydrogen) atoms. The van der Waals surface area contributed by atoms with E-state index in [4.69, 9.17) is 0 Å². The number of aryl methyl sites for hydroxylation is 1. The van der Waals surface area contributed by atoms with Crippen LogP contribution < -0.4 is 5.32 Å². The zero-order valence-electron chi connectivity index (χ0n) is 12.5. The minimum Gasteiger partial charge on any atom is -0.308 e. The molecule has 1 heterocycles. The van der Waals surface area contributed by atoms with E-state index >= 15 is 0 Å². The molecular weight excluding hydrogens is 264 g/mol. The molecule has 1 N–H and O–H groups in total. The molecule has 0 aromatic heterocycles. The lowest BCUT2D eigenvalue weighted by Gasteiger charge is -2.27. The zero-order chi connectivity index (χ0) is 13.8. The number of hydrogen-bond acceptors (Lipinski definition) is 3. The molecule has 1 aromatic rings. The molecule has 0 amide bonds. The first-order chi connectivity index (χ1) is 9.83. The molecule has 2 fully saturated rings. The smallest absolute Gasteiger partial charge is 0.0349 e. The van der Waals surface area contributed by atoms with Crippen molar-refractivity contribution in [3.8, 4) is 0 Å². The maximum Gasteiger partial charge on any atom is 0.0349 e. The normalized spacial score (nSPS) is 21.9. The minimum absolute atomic E-state index is 0.578. The van der Waals surface area contributed by atoms with Crippen LogP contribution in [0.3, 0.4) is 0 Å². The second kappa shape index (κ2) is 6.97. The lowest BCUT2D eigenvalue weighted by atomic mass is 10.0. The van der Waals surface area contributed by atoms with Crippen LogP contribution in [0.5, 0.6) is 0 Å². The topological polar surface area (TPSA) is 15.3 Å². The molecule has 1 atom stereocenters. The van der Waals surface area contributed by atoms with Gasteiger partial charge in [-0.15, -0.1) is 0 Å². The van der Waals surface area contributed by atoms with Crippen molar-refractivity contribution in [1.82, 2.24) is 10.2 Å². The summed E-state index contributed by atoms with van der Waals surface area (Å²) in [6.07, 6.45) is 2.79. The fraction of sp³-hybridized carbons (Fsp3) is 0.647. The molecule has 1 saturated carbocycles. The highest BCUT2D eigenvalue weighted by atomic mass is 32.2. The van der Waals surface area contributed by atoms with Crippen molar-refractivity contribution in [3.05, 3.63) is 35.4 Å². The highest BCUT2D eigenvalue weighted by Gasteiger charge is 2.31. The van der Waals surface area contributed by atoms with Gasteiger partial charge in [0, 0.05) is 43.7 Å². The van der Waals surface area contributed by atoms with Gasteiger partial charge >= 0.3 is 0 Å². The first-order valence-corrected chi connectivity index (χ1v) is 9.08. The number of thioether (sulfide) groups is 1. The van der Waals surface area contributed by atoms with Crippen molar-refractivity contribution < 1.29 is 0 Å². The lowest BCUT2D eigenvalue weighted by Crippen LogP contribution is -2.38. The maximum atomic E-state index is 3.82. The second-order valence-electron chi connectivity index (χ2n) is 6.13. The monoisotopic (exact) mass is 290 g/mol. The van der Waals surface area contributed by atoms with Gasteiger partial charge in [-0.05, 0) is 31.2 Å². The third-order valence-corrected chi connectivity index (χ3v) is 5.37. The molecule has 1 unspecified atom stereocenters. The van der Waals surface area contributed by atoms with E-state index in [1.165, 1.54) is 55.1 Å². The Morgan fingerprint density at radius 3 is 2.55 bits per heavy atom. The van der Waals surface area contributed by atoms with Gasteiger partial charge in [-0.25, -0.2) is 0 Å². The first kappa shape index (κ1) is 14.4. The Labute approximate surface area is 127 Å². The predicted octanol–water partition coefficient (Wildman–Crippen LogP) is 3.08.